The molecule has 2 heterocycles. The highest BCUT2D eigenvalue weighted by Gasteiger charge is 2.18. The number of aromatic nitrogens is 2. The van der Waals surface area contributed by atoms with Gasteiger partial charge in [-0.15, -0.1) is 0 Å². The molecule has 0 aliphatic carbocycles. The van der Waals surface area contributed by atoms with Gasteiger partial charge in [0.1, 0.15) is 17.1 Å². The van der Waals surface area contributed by atoms with E-state index in [0.29, 0.717) is 41.9 Å². The van der Waals surface area contributed by atoms with Gasteiger partial charge in [0.15, 0.2) is 0 Å². The fourth-order valence-electron chi connectivity index (χ4n) is 2.79. The van der Waals surface area contributed by atoms with Gasteiger partial charge < -0.3 is 10.1 Å². The van der Waals surface area contributed by atoms with E-state index in [4.69, 9.17) is 16.3 Å². The van der Waals surface area contributed by atoms with Gasteiger partial charge in [0, 0.05) is 12.7 Å². The number of halogens is 1. The van der Waals surface area contributed by atoms with Gasteiger partial charge in [-0.1, -0.05) is 44.5 Å². The van der Waals surface area contributed by atoms with Crippen molar-refractivity contribution in [3.8, 4) is 5.75 Å². The van der Waals surface area contributed by atoms with Gasteiger partial charge in [-0.25, -0.2) is 4.98 Å². The van der Waals surface area contributed by atoms with Crippen molar-refractivity contribution in [3.05, 3.63) is 64.6 Å². The Balaban J connectivity index is 1.71. The first kappa shape index (κ1) is 19.2. The summed E-state index contributed by atoms with van der Waals surface area (Å²) in [5, 5.41) is 3.54. The normalized spacial score (nSPS) is 11.1. The molecule has 27 heavy (non-hydrogen) atoms. The number of imidazole rings is 1. The molecule has 0 aliphatic heterocycles. The van der Waals surface area contributed by atoms with Crippen LogP contribution in [0.5, 0.6) is 5.75 Å². The minimum Gasteiger partial charge on any atom is -0.493 e. The van der Waals surface area contributed by atoms with E-state index in [1.807, 2.05) is 37.3 Å². The van der Waals surface area contributed by atoms with Gasteiger partial charge in [0.05, 0.1) is 17.3 Å². The van der Waals surface area contributed by atoms with E-state index >= 15 is 0 Å². The van der Waals surface area contributed by atoms with Crippen molar-refractivity contribution < 1.29 is 9.53 Å². The molecule has 1 aromatic carbocycles. The van der Waals surface area contributed by atoms with Crippen LogP contribution in [-0.4, -0.2) is 21.9 Å². The van der Waals surface area contributed by atoms with Crippen LogP contribution in [0.15, 0.2) is 42.6 Å². The van der Waals surface area contributed by atoms with Crippen LogP contribution >= 0.6 is 11.6 Å². The van der Waals surface area contributed by atoms with Crippen molar-refractivity contribution in [2.45, 2.75) is 33.7 Å². The van der Waals surface area contributed by atoms with Crippen molar-refractivity contribution in [3.63, 3.8) is 0 Å². The monoisotopic (exact) mass is 385 g/mol. The number of rotatable bonds is 7. The Kier molecular flexibility index (Phi) is 6.01. The van der Waals surface area contributed by atoms with Gasteiger partial charge >= 0.3 is 0 Å². The largest absolute Gasteiger partial charge is 0.493 e. The van der Waals surface area contributed by atoms with E-state index in [1.165, 1.54) is 0 Å². The van der Waals surface area contributed by atoms with Crippen molar-refractivity contribution in [2.24, 2.45) is 5.92 Å². The van der Waals surface area contributed by atoms with E-state index in [-0.39, 0.29) is 5.91 Å². The highest BCUT2D eigenvalue weighted by atomic mass is 35.5. The zero-order valence-corrected chi connectivity index (χ0v) is 16.6. The summed E-state index contributed by atoms with van der Waals surface area (Å²) in [5.74, 6) is 1.15. The molecule has 3 rings (SSSR count). The lowest BCUT2D eigenvalue weighted by molar-refractivity contribution is 0.0944. The Morgan fingerprint density at radius 1 is 1.22 bits per heavy atom. The summed E-state index contributed by atoms with van der Waals surface area (Å²) in [6.07, 6.45) is 2.39. The van der Waals surface area contributed by atoms with Crippen LogP contribution in [0.25, 0.3) is 5.65 Å². The molecule has 0 spiro atoms. The molecular weight excluding hydrogens is 362 g/mol. The zero-order chi connectivity index (χ0) is 19.4. The maximum absolute atomic E-state index is 12.8. The fraction of sp³-hybridized carbons (Fsp3) is 0.333. The second-order valence-electron chi connectivity index (χ2n) is 6.87. The Hall–Kier alpha value is -2.53. The maximum atomic E-state index is 12.8. The Morgan fingerprint density at radius 2 is 1.96 bits per heavy atom. The van der Waals surface area contributed by atoms with E-state index in [9.17, 15) is 4.79 Å². The molecule has 0 bridgehead atoms. The number of nitrogens with one attached hydrogen (secondary N) is 1. The maximum Gasteiger partial charge on any atom is 0.270 e. The molecule has 0 saturated carbocycles. The number of hydrogen-bond acceptors (Lipinski definition) is 3. The Bertz CT molecular complexity index is 932. The average molecular weight is 386 g/mol. The summed E-state index contributed by atoms with van der Waals surface area (Å²) in [6.45, 7) is 7.33. The minimum atomic E-state index is -0.165. The number of carbonyl (C=O) groups is 1. The molecular formula is C21H24ClN3O2. The molecule has 2 aromatic heterocycles. The lowest BCUT2D eigenvalue weighted by Gasteiger charge is -2.10. The molecule has 3 aromatic rings. The third-order valence-electron chi connectivity index (χ3n) is 4.16. The second-order valence-corrected chi connectivity index (χ2v) is 7.30. The average Bonchev–Trinajstić information content (AvgIpc) is 3.03. The van der Waals surface area contributed by atoms with Crippen molar-refractivity contribution >= 4 is 23.2 Å². The van der Waals surface area contributed by atoms with Gasteiger partial charge in [0.2, 0.25) is 0 Å². The van der Waals surface area contributed by atoms with Crippen molar-refractivity contribution in [2.75, 3.05) is 6.61 Å². The fourth-order valence-corrected chi connectivity index (χ4v) is 2.95. The summed E-state index contributed by atoms with van der Waals surface area (Å²) >= 11 is 6.09. The topological polar surface area (TPSA) is 55.6 Å². The molecule has 0 unspecified atom stereocenters. The highest BCUT2D eigenvalue weighted by molar-refractivity contribution is 6.30. The SMILES string of the molecule is CCc1nc2ccc(Cl)cn2c1C(=O)NCc1ccc(OCC(C)C)cc1. The van der Waals surface area contributed by atoms with E-state index in [1.54, 1.807) is 16.7 Å². The van der Waals surface area contributed by atoms with Crippen LogP contribution in [0.3, 0.4) is 0 Å². The van der Waals surface area contributed by atoms with Crippen molar-refractivity contribution in [1.29, 1.82) is 0 Å². The van der Waals surface area contributed by atoms with Crippen LogP contribution in [0.1, 0.15) is 42.5 Å². The minimum absolute atomic E-state index is 0.165. The first-order valence-corrected chi connectivity index (χ1v) is 9.52. The lowest BCUT2D eigenvalue weighted by atomic mass is 10.2. The smallest absolute Gasteiger partial charge is 0.270 e. The quantitative estimate of drug-likeness (QED) is 0.650. The number of aryl methyl sites for hydroxylation is 1. The number of benzene rings is 1. The van der Waals surface area contributed by atoms with E-state index in [0.717, 1.165) is 17.0 Å². The number of carbonyl (C=O) groups excluding carboxylic acids is 1. The van der Waals surface area contributed by atoms with Gasteiger partial charge in [-0.05, 0) is 42.2 Å². The number of ether oxygens (including phenoxy) is 1. The number of pyridine rings is 1. The molecule has 142 valence electrons. The molecule has 0 radical (unpaired) electrons. The molecule has 5 nitrogen and oxygen atoms in total. The highest BCUT2D eigenvalue weighted by Crippen LogP contribution is 2.18. The molecule has 1 amide bonds. The van der Waals surface area contributed by atoms with E-state index < -0.39 is 0 Å². The third-order valence-corrected chi connectivity index (χ3v) is 4.39. The summed E-state index contributed by atoms with van der Waals surface area (Å²) in [5.41, 5.74) is 3.01. The first-order valence-electron chi connectivity index (χ1n) is 9.14. The summed E-state index contributed by atoms with van der Waals surface area (Å²) < 4.78 is 7.43. The number of nitrogens with zero attached hydrogens (tertiary/aromatic N) is 2. The number of fused-ring (bicyclic) bond motifs is 1. The molecule has 0 aliphatic rings. The molecule has 6 heteroatoms. The van der Waals surface area contributed by atoms with Crippen LogP contribution in [0, 0.1) is 5.92 Å². The third kappa shape index (κ3) is 4.61. The standard InChI is InChI=1S/C21H24ClN3O2/c1-4-18-20(25-12-16(22)7-10-19(25)24-18)21(26)23-11-15-5-8-17(9-6-15)27-13-14(2)3/h5-10,12,14H,4,11,13H2,1-3H3,(H,23,26). The second kappa shape index (κ2) is 8.44. The van der Waals surface area contributed by atoms with Gasteiger partial charge in [-0.2, -0.15) is 0 Å². The molecule has 0 atom stereocenters. The predicted molar refractivity (Wildman–Crippen MR) is 108 cm³/mol. The summed E-state index contributed by atoms with van der Waals surface area (Å²) in [6, 6.07) is 11.4. The van der Waals surface area contributed by atoms with Gasteiger partial charge in [-0.3, -0.25) is 9.20 Å². The van der Waals surface area contributed by atoms with E-state index in [2.05, 4.69) is 24.1 Å². The van der Waals surface area contributed by atoms with Crippen LogP contribution in [-0.2, 0) is 13.0 Å². The van der Waals surface area contributed by atoms with Crippen LogP contribution in [0.4, 0.5) is 0 Å². The number of amides is 1. The van der Waals surface area contributed by atoms with Gasteiger partial charge in [0.25, 0.3) is 5.91 Å². The Labute approximate surface area is 164 Å². The Morgan fingerprint density at radius 3 is 2.63 bits per heavy atom. The summed E-state index contributed by atoms with van der Waals surface area (Å²) in [4.78, 5) is 17.3. The molecule has 1 N–H and O–H groups in total. The van der Waals surface area contributed by atoms with Crippen molar-refractivity contribution in [1.82, 2.24) is 14.7 Å². The molecule has 0 saturated heterocycles. The predicted octanol–water partition coefficient (Wildman–Crippen LogP) is 4.51. The zero-order valence-electron chi connectivity index (χ0n) is 15.8. The first-order chi connectivity index (χ1) is 13.0. The number of hydrogen-bond donors (Lipinski definition) is 1. The van der Waals surface area contributed by atoms with Crippen LogP contribution in [0.2, 0.25) is 5.02 Å². The van der Waals surface area contributed by atoms with Crippen LogP contribution < -0.4 is 10.1 Å². The molecule has 0 fully saturated rings. The summed E-state index contributed by atoms with van der Waals surface area (Å²) in [7, 11) is 0. The lowest BCUT2D eigenvalue weighted by Crippen LogP contribution is -2.25.